The zero-order valence-corrected chi connectivity index (χ0v) is 16.9. The van der Waals surface area contributed by atoms with E-state index >= 15 is 0 Å². The summed E-state index contributed by atoms with van der Waals surface area (Å²) in [5.41, 5.74) is 2.44. The van der Waals surface area contributed by atoms with E-state index in [2.05, 4.69) is 15.4 Å². The van der Waals surface area contributed by atoms with Gasteiger partial charge in [-0.1, -0.05) is 12.1 Å². The van der Waals surface area contributed by atoms with Crippen molar-refractivity contribution in [3.63, 3.8) is 0 Å². The van der Waals surface area contributed by atoms with E-state index in [9.17, 15) is 9.18 Å². The van der Waals surface area contributed by atoms with Gasteiger partial charge in [-0.15, -0.1) is 0 Å². The van der Waals surface area contributed by atoms with Crippen molar-refractivity contribution in [2.45, 2.75) is 19.6 Å². The largest absolute Gasteiger partial charge is 0.486 e. The molecule has 8 heteroatoms. The van der Waals surface area contributed by atoms with Gasteiger partial charge in [0.15, 0.2) is 11.5 Å². The van der Waals surface area contributed by atoms with Gasteiger partial charge in [0.2, 0.25) is 0 Å². The topological polar surface area (TPSA) is 81.2 Å². The van der Waals surface area contributed by atoms with Gasteiger partial charge >= 0.3 is 0 Å². The van der Waals surface area contributed by atoms with Crippen molar-refractivity contribution in [1.29, 1.82) is 0 Å². The summed E-state index contributed by atoms with van der Waals surface area (Å²) in [5.74, 6) is 1.15. The lowest BCUT2D eigenvalue weighted by Crippen LogP contribution is -2.38. The average molecular weight is 420 g/mol. The third kappa shape index (κ3) is 3.77. The lowest BCUT2D eigenvalue weighted by Gasteiger charge is -2.26. The zero-order valence-electron chi connectivity index (χ0n) is 16.9. The highest BCUT2D eigenvalue weighted by Gasteiger charge is 2.20. The number of rotatable bonds is 5. The number of para-hydroxylation sites is 2. The predicted molar refractivity (Wildman–Crippen MR) is 114 cm³/mol. The number of aryl methyl sites for hydroxylation is 1. The molecule has 1 atom stereocenters. The van der Waals surface area contributed by atoms with Crippen molar-refractivity contribution in [2.75, 3.05) is 13.2 Å². The Morgan fingerprint density at radius 2 is 1.97 bits per heavy atom. The van der Waals surface area contributed by atoms with Crippen LogP contribution in [0.25, 0.3) is 16.7 Å². The molecule has 0 spiro atoms. The molecule has 0 saturated carbocycles. The highest BCUT2D eigenvalue weighted by Crippen LogP contribution is 2.30. The number of aromatic amines is 1. The van der Waals surface area contributed by atoms with Crippen molar-refractivity contribution < 1.29 is 13.9 Å². The fourth-order valence-electron chi connectivity index (χ4n) is 3.69. The van der Waals surface area contributed by atoms with Gasteiger partial charge in [0, 0.05) is 24.0 Å². The molecule has 31 heavy (non-hydrogen) atoms. The molecule has 4 aromatic rings. The van der Waals surface area contributed by atoms with E-state index in [1.54, 1.807) is 16.8 Å². The molecule has 2 aromatic carbocycles. The van der Waals surface area contributed by atoms with Crippen molar-refractivity contribution >= 4 is 11.0 Å². The standard InChI is InChI=1S/C23H21FN4O3/c1-14-19-10-15(11-25-12-18-13-30-20-4-2-3-5-21(20)31-18)23(29)26-22(19)28(27-14)17-8-6-16(24)7-9-17/h2-10,18,25H,11-13H2,1H3,(H,26,29). The molecule has 0 fully saturated rings. The van der Waals surface area contributed by atoms with Gasteiger partial charge in [-0.2, -0.15) is 5.10 Å². The minimum absolute atomic E-state index is 0.138. The Balaban J connectivity index is 1.32. The van der Waals surface area contributed by atoms with E-state index in [0.29, 0.717) is 36.6 Å². The summed E-state index contributed by atoms with van der Waals surface area (Å²) >= 11 is 0. The second-order valence-electron chi connectivity index (χ2n) is 7.49. The first-order chi connectivity index (χ1) is 15.1. The summed E-state index contributed by atoms with van der Waals surface area (Å²) in [6, 6.07) is 15.4. The highest BCUT2D eigenvalue weighted by molar-refractivity contribution is 5.80. The van der Waals surface area contributed by atoms with Crippen LogP contribution in [0.2, 0.25) is 0 Å². The first-order valence-electron chi connectivity index (χ1n) is 10.0. The number of H-pyrrole nitrogens is 1. The Bertz CT molecular complexity index is 1300. The molecule has 2 aromatic heterocycles. The van der Waals surface area contributed by atoms with Crippen LogP contribution >= 0.6 is 0 Å². The monoisotopic (exact) mass is 420 g/mol. The Morgan fingerprint density at radius 3 is 2.77 bits per heavy atom. The molecule has 1 aliphatic heterocycles. The van der Waals surface area contributed by atoms with E-state index < -0.39 is 0 Å². The summed E-state index contributed by atoms with van der Waals surface area (Å²) in [5, 5.41) is 8.63. The molecule has 1 aliphatic rings. The number of benzene rings is 2. The predicted octanol–water partition coefficient (Wildman–Crippen LogP) is 3.09. The number of ether oxygens (including phenoxy) is 2. The van der Waals surface area contributed by atoms with E-state index in [1.165, 1.54) is 12.1 Å². The van der Waals surface area contributed by atoms with E-state index in [4.69, 9.17) is 9.47 Å². The van der Waals surface area contributed by atoms with Crippen LogP contribution in [0.4, 0.5) is 4.39 Å². The lowest BCUT2D eigenvalue weighted by atomic mass is 10.2. The summed E-state index contributed by atoms with van der Waals surface area (Å²) in [6.07, 6.45) is -0.138. The molecule has 3 heterocycles. The number of halogens is 1. The van der Waals surface area contributed by atoms with Gasteiger partial charge in [0.1, 0.15) is 24.2 Å². The Labute approximate surface area is 177 Å². The van der Waals surface area contributed by atoms with Gasteiger partial charge in [-0.25, -0.2) is 9.07 Å². The van der Waals surface area contributed by atoms with Gasteiger partial charge < -0.3 is 19.8 Å². The van der Waals surface area contributed by atoms with Crippen LogP contribution in [0.15, 0.2) is 59.4 Å². The number of aromatic nitrogens is 3. The zero-order chi connectivity index (χ0) is 21.4. The fourth-order valence-corrected chi connectivity index (χ4v) is 3.69. The van der Waals surface area contributed by atoms with Gasteiger partial charge in [-0.05, 0) is 49.4 Å². The molecule has 0 radical (unpaired) electrons. The first-order valence-corrected chi connectivity index (χ1v) is 10.0. The first kappa shape index (κ1) is 19.3. The van der Waals surface area contributed by atoms with Crippen LogP contribution in [-0.4, -0.2) is 34.0 Å². The molecule has 0 bridgehead atoms. The maximum atomic E-state index is 13.3. The molecule has 158 valence electrons. The number of nitrogens with one attached hydrogen (secondary N) is 2. The van der Waals surface area contributed by atoms with Crippen LogP contribution in [0.1, 0.15) is 11.3 Å². The van der Waals surface area contributed by atoms with Crippen molar-refractivity contribution in [3.8, 4) is 17.2 Å². The lowest BCUT2D eigenvalue weighted by molar-refractivity contribution is 0.0902. The number of pyridine rings is 1. The third-order valence-electron chi connectivity index (χ3n) is 5.28. The number of fused-ring (bicyclic) bond motifs is 2. The minimum Gasteiger partial charge on any atom is -0.486 e. The van der Waals surface area contributed by atoms with E-state index in [1.807, 2.05) is 37.3 Å². The van der Waals surface area contributed by atoms with Gasteiger partial charge in [0.25, 0.3) is 5.56 Å². The molecule has 5 rings (SSSR count). The van der Waals surface area contributed by atoms with Crippen LogP contribution in [0.3, 0.4) is 0 Å². The fraction of sp³-hybridized carbons (Fsp3) is 0.217. The summed E-state index contributed by atoms with van der Waals surface area (Å²) in [6.45, 7) is 3.25. The smallest absolute Gasteiger partial charge is 0.254 e. The van der Waals surface area contributed by atoms with Crippen LogP contribution in [0, 0.1) is 12.7 Å². The second kappa shape index (κ2) is 7.88. The van der Waals surface area contributed by atoms with Gasteiger partial charge in [-0.3, -0.25) is 4.79 Å². The molecular formula is C23H21FN4O3. The van der Waals surface area contributed by atoms with Crippen molar-refractivity contribution in [1.82, 2.24) is 20.1 Å². The van der Waals surface area contributed by atoms with Crippen LogP contribution in [-0.2, 0) is 6.54 Å². The van der Waals surface area contributed by atoms with Crippen molar-refractivity contribution in [2.24, 2.45) is 0 Å². The van der Waals surface area contributed by atoms with Crippen molar-refractivity contribution in [3.05, 3.63) is 82.0 Å². The summed E-state index contributed by atoms with van der Waals surface area (Å²) < 4.78 is 26.5. The SMILES string of the molecule is Cc1nn(-c2ccc(F)cc2)c2[nH]c(=O)c(CNCC3COc4ccccc4O3)cc12. The normalized spacial score (nSPS) is 15.4. The maximum Gasteiger partial charge on any atom is 0.254 e. The highest BCUT2D eigenvalue weighted by atomic mass is 19.1. The quantitative estimate of drug-likeness (QED) is 0.519. The van der Waals surface area contributed by atoms with Crippen LogP contribution < -0.4 is 20.3 Å². The van der Waals surface area contributed by atoms with E-state index in [-0.39, 0.29) is 17.5 Å². The summed E-state index contributed by atoms with van der Waals surface area (Å²) in [7, 11) is 0. The number of hydrogen-bond acceptors (Lipinski definition) is 5. The molecule has 0 saturated heterocycles. The average Bonchev–Trinajstić information content (AvgIpc) is 3.09. The molecule has 0 amide bonds. The summed E-state index contributed by atoms with van der Waals surface area (Å²) in [4.78, 5) is 15.6. The third-order valence-corrected chi connectivity index (χ3v) is 5.28. The Hall–Kier alpha value is -3.65. The second-order valence-corrected chi connectivity index (χ2v) is 7.49. The van der Waals surface area contributed by atoms with Gasteiger partial charge in [0.05, 0.1) is 11.4 Å². The molecule has 2 N–H and O–H groups in total. The molecule has 0 aliphatic carbocycles. The minimum atomic E-state index is -0.324. The number of hydrogen-bond donors (Lipinski definition) is 2. The molecule has 1 unspecified atom stereocenters. The van der Waals surface area contributed by atoms with Crippen LogP contribution in [0.5, 0.6) is 11.5 Å². The Kier molecular flexibility index (Phi) is 4.91. The number of nitrogens with zero attached hydrogens (tertiary/aromatic N) is 2. The maximum absolute atomic E-state index is 13.3. The molecular weight excluding hydrogens is 399 g/mol. The molecule has 7 nitrogen and oxygen atoms in total. The Morgan fingerprint density at radius 1 is 1.19 bits per heavy atom. The van der Waals surface area contributed by atoms with E-state index in [0.717, 1.165) is 22.6 Å².